The average molecular weight is 270 g/mol. The zero-order valence-electron chi connectivity index (χ0n) is 8.89. The summed E-state index contributed by atoms with van der Waals surface area (Å²) < 4.78 is 1.04. The van der Waals surface area contributed by atoms with Gasteiger partial charge in [-0.25, -0.2) is 0 Å². The smallest absolute Gasteiger partial charge is 0.0410 e. The maximum Gasteiger partial charge on any atom is 0.0410 e. The SMILES string of the molecule is CC1(NCc2cncc(Br)c2)CCNC1. The van der Waals surface area contributed by atoms with Gasteiger partial charge in [-0.2, -0.15) is 0 Å². The Morgan fingerprint density at radius 1 is 1.60 bits per heavy atom. The van der Waals surface area contributed by atoms with Crippen LogP contribution >= 0.6 is 15.9 Å². The molecule has 1 fully saturated rings. The molecule has 2 heterocycles. The highest BCUT2D eigenvalue weighted by Gasteiger charge is 2.27. The van der Waals surface area contributed by atoms with E-state index in [-0.39, 0.29) is 5.54 Å². The third-order valence-electron chi connectivity index (χ3n) is 2.85. The maximum atomic E-state index is 4.15. The summed E-state index contributed by atoms with van der Waals surface area (Å²) in [6.45, 7) is 5.30. The summed E-state index contributed by atoms with van der Waals surface area (Å²) in [5, 5.41) is 6.95. The monoisotopic (exact) mass is 269 g/mol. The van der Waals surface area contributed by atoms with Gasteiger partial charge in [0.2, 0.25) is 0 Å². The molecule has 0 saturated carbocycles. The Labute approximate surface area is 98.8 Å². The Bertz CT molecular complexity index is 334. The standard InChI is InChI=1S/C11H16BrN3/c1-11(2-3-13-8-11)15-6-9-4-10(12)7-14-5-9/h4-5,7,13,15H,2-3,6,8H2,1H3. The number of aromatic nitrogens is 1. The van der Waals surface area contributed by atoms with Crippen LogP contribution in [-0.2, 0) is 6.54 Å². The Balaban J connectivity index is 1.92. The lowest BCUT2D eigenvalue weighted by atomic mass is 10.0. The van der Waals surface area contributed by atoms with E-state index in [1.165, 1.54) is 12.0 Å². The predicted molar refractivity (Wildman–Crippen MR) is 64.7 cm³/mol. The van der Waals surface area contributed by atoms with E-state index in [1.807, 2.05) is 12.4 Å². The van der Waals surface area contributed by atoms with E-state index < -0.39 is 0 Å². The highest BCUT2D eigenvalue weighted by Crippen LogP contribution is 2.15. The van der Waals surface area contributed by atoms with Crippen molar-refractivity contribution in [3.05, 3.63) is 28.5 Å². The van der Waals surface area contributed by atoms with Gasteiger partial charge < -0.3 is 10.6 Å². The van der Waals surface area contributed by atoms with Crippen molar-refractivity contribution >= 4 is 15.9 Å². The molecule has 0 amide bonds. The molecule has 15 heavy (non-hydrogen) atoms. The van der Waals surface area contributed by atoms with E-state index in [2.05, 4.69) is 44.5 Å². The topological polar surface area (TPSA) is 37.0 Å². The molecule has 4 heteroatoms. The molecule has 0 radical (unpaired) electrons. The molecule has 0 aromatic carbocycles. The second kappa shape index (κ2) is 4.60. The van der Waals surface area contributed by atoms with Gasteiger partial charge in [-0.05, 0) is 47.4 Å². The first-order valence-electron chi connectivity index (χ1n) is 5.23. The fourth-order valence-electron chi connectivity index (χ4n) is 1.84. The van der Waals surface area contributed by atoms with Gasteiger partial charge in [0, 0.05) is 35.5 Å². The lowest BCUT2D eigenvalue weighted by molar-refractivity contribution is 0.385. The number of pyridine rings is 1. The van der Waals surface area contributed by atoms with Gasteiger partial charge in [0.25, 0.3) is 0 Å². The van der Waals surface area contributed by atoms with Gasteiger partial charge in [0.1, 0.15) is 0 Å². The van der Waals surface area contributed by atoms with E-state index >= 15 is 0 Å². The Hall–Kier alpha value is -0.450. The average Bonchev–Trinajstić information content (AvgIpc) is 2.63. The minimum Gasteiger partial charge on any atom is -0.315 e. The quantitative estimate of drug-likeness (QED) is 0.877. The van der Waals surface area contributed by atoms with Crippen LogP contribution in [0.15, 0.2) is 22.9 Å². The van der Waals surface area contributed by atoms with Crippen molar-refractivity contribution in [2.24, 2.45) is 0 Å². The molecule has 0 aliphatic carbocycles. The first kappa shape index (κ1) is 11.0. The highest BCUT2D eigenvalue weighted by atomic mass is 79.9. The van der Waals surface area contributed by atoms with Crippen LogP contribution in [0.25, 0.3) is 0 Å². The fraction of sp³-hybridized carbons (Fsp3) is 0.545. The lowest BCUT2D eigenvalue weighted by Crippen LogP contribution is -2.43. The summed E-state index contributed by atoms with van der Waals surface area (Å²) in [4.78, 5) is 4.15. The molecule has 1 atom stereocenters. The van der Waals surface area contributed by atoms with Crippen molar-refractivity contribution in [1.29, 1.82) is 0 Å². The minimum atomic E-state index is 0.238. The highest BCUT2D eigenvalue weighted by molar-refractivity contribution is 9.10. The zero-order chi connectivity index (χ0) is 10.7. The lowest BCUT2D eigenvalue weighted by Gasteiger charge is -2.24. The number of rotatable bonds is 3. The summed E-state index contributed by atoms with van der Waals surface area (Å²) >= 11 is 3.43. The van der Waals surface area contributed by atoms with Gasteiger partial charge in [0.15, 0.2) is 0 Å². The van der Waals surface area contributed by atoms with Gasteiger partial charge in [-0.15, -0.1) is 0 Å². The van der Waals surface area contributed by atoms with Crippen molar-refractivity contribution in [3.63, 3.8) is 0 Å². The van der Waals surface area contributed by atoms with Crippen LogP contribution in [0.4, 0.5) is 0 Å². The Kier molecular flexibility index (Phi) is 3.38. The van der Waals surface area contributed by atoms with Gasteiger partial charge >= 0.3 is 0 Å². The summed E-state index contributed by atoms with van der Waals surface area (Å²) in [5.74, 6) is 0. The summed E-state index contributed by atoms with van der Waals surface area (Å²) in [6, 6.07) is 2.10. The van der Waals surface area contributed by atoms with Crippen LogP contribution in [0, 0.1) is 0 Å². The minimum absolute atomic E-state index is 0.238. The molecule has 82 valence electrons. The second-order valence-corrected chi connectivity index (χ2v) is 5.27. The number of halogens is 1. The van der Waals surface area contributed by atoms with Crippen LogP contribution in [0.5, 0.6) is 0 Å². The summed E-state index contributed by atoms with van der Waals surface area (Å²) in [7, 11) is 0. The maximum absolute atomic E-state index is 4.15. The molecular formula is C11H16BrN3. The van der Waals surface area contributed by atoms with Crippen molar-refractivity contribution in [1.82, 2.24) is 15.6 Å². The molecule has 1 aliphatic rings. The third kappa shape index (κ3) is 3.00. The van der Waals surface area contributed by atoms with Crippen molar-refractivity contribution in [2.75, 3.05) is 13.1 Å². The van der Waals surface area contributed by atoms with Crippen molar-refractivity contribution < 1.29 is 0 Å². The molecular weight excluding hydrogens is 254 g/mol. The van der Waals surface area contributed by atoms with Crippen molar-refractivity contribution in [2.45, 2.75) is 25.4 Å². The van der Waals surface area contributed by atoms with Gasteiger partial charge in [-0.3, -0.25) is 4.98 Å². The normalized spacial score (nSPS) is 25.7. The molecule has 3 nitrogen and oxygen atoms in total. The summed E-state index contributed by atoms with van der Waals surface area (Å²) in [6.07, 6.45) is 4.90. The predicted octanol–water partition coefficient (Wildman–Crippen LogP) is 1.69. The first-order chi connectivity index (χ1) is 7.18. The van der Waals surface area contributed by atoms with E-state index in [9.17, 15) is 0 Å². The third-order valence-corrected chi connectivity index (χ3v) is 3.28. The van der Waals surface area contributed by atoms with Crippen LogP contribution in [0.1, 0.15) is 18.9 Å². The summed E-state index contributed by atoms with van der Waals surface area (Å²) in [5.41, 5.74) is 1.46. The van der Waals surface area contributed by atoms with Gasteiger partial charge in [0.05, 0.1) is 0 Å². The van der Waals surface area contributed by atoms with Crippen molar-refractivity contribution in [3.8, 4) is 0 Å². The molecule has 1 aromatic heterocycles. The molecule has 2 rings (SSSR count). The molecule has 1 saturated heterocycles. The van der Waals surface area contributed by atoms with Crippen LogP contribution in [0.3, 0.4) is 0 Å². The van der Waals surface area contributed by atoms with Crippen LogP contribution < -0.4 is 10.6 Å². The molecule has 0 bridgehead atoms. The second-order valence-electron chi connectivity index (χ2n) is 4.35. The van der Waals surface area contributed by atoms with E-state index in [1.54, 1.807) is 0 Å². The number of hydrogen-bond acceptors (Lipinski definition) is 3. The Morgan fingerprint density at radius 3 is 3.13 bits per heavy atom. The number of nitrogens with zero attached hydrogens (tertiary/aromatic N) is 1. The number of hydrogen-bond donors (Lipinski definition) is 2. The molecule has 1 aliphatic heterocycles. The largest absolute Gasteiger partial charge is 0.315 e. The van der Waals surface area contributed by atoms with E-state index in [4.69, 9.17) is 0 Å². The molecule has 0 spiro atoms. The van der Waals surface area contributed by atoms with Crippen LogP contribution in [-0.4, -0.2) is 23.6 Å². The molecule has 2 N–H and O–H groups in total. The Morgan fingerprint density at radius 2 is 2.47 bits per heavy atom. The fourth-order valence-corrected chi connectivity index (χ4v) is 2.25. The number of nitrogens with one attached hydrogen (secondary N) is 2. The van der Waals surface area contributed by atoms with Crippen LogP contribution in [0.2, 0.25) is 0 Å². The van der Waals surface area contributed by atoms with Gasteiger partial charge in [-0.1, -0.05) is 0 Å². The first-order valence-corrected chi connectivity index (χ1v) is 6.02. The molecule has 1 unspecified atom stereocenters. The van der Waals surface area contributed by atoms with E-state index in [0.717, 1.165) is 24.1 Å². The van der Waals surface area contributed by atoms with E-state index in [0.29, 0.717) is 0 Å². The molecule has 1 aromatic rings. The zero-order valence-corrected chi connectivity index (χ0v) is 10.5.